The fourth-order valence-corrected chi connectivity index (χ4v) is 3.52. The van der Waals surface area contributed by atoms with Gasteiger partial charge in [0.1, 0.15) is 18.5 Å². The van der Waals surface area contributed by atoms with Gasteiger partial charge in [0.25, 0.3) is 5.91 Å². The van der Waals surface area contributed by atoms with E-state index in [1.54, 1.807) is 28.0 Å². The van der Waals surface area contributed by atoms with Gasteiger partial charge in [0, 0.05) is 30.4 Å². The number of aryl methyl sites for hydroxylation is 1. The first kappa shape index (κ1) is 21.4. The van der Waals surface area contributed by atoms with Crippen LogP contribution in [-0.2, 0) is 6.42 Å². The number of aromatic amines is 1. The number of unbranched alkanes of at least 4 members (excludes halogenated alkanes) is 2. The lowest BCUT2D eigenvalue weighted by atomic mass is 10.1. The summed E-state index contributed by atoms with van der Waals surface area (Å²) >= 11 is 0. The Labute approximate surface area is 185 Å². The summed E-state index contributed by atoms with van der Waals surface area (Å²) in [5.41, 5.74) is 4.29. The number of nitrogens with zero attached hydrogens (tertiary/aromatic N) is 5. The molecule has 1 N–H and O–H groups in total. The molecule has 0 aliphatic heterocycles. The van der Waals surface area contributed by atoms with Gasteiger partial charge in [-0.1, -0.05) is 6.42 Å². The summed E-state index contributed by atoms with van der Waals surface area (Å²) in [5.74, 6) is -0.246. The Morgan fingerprint density at radius 3 is 2.56 bits per heavy atom. The molecule has 0 spiro atoms. The highest BCUT2D eigenvalue weighted by Gasteiger charge is 2.12. The SMILES string of the molecule is CN(CCCCCc1cc(-c2ccc(F)cc2)n[nH]1)C(=O)c1ccc(-n2cncn2)cc1. The Balaban J connectivity index is 1.19. The van der Waals surface area contributed by atoms with Crippen molar-refractivity contribution in [1.82, 2.24) is 29.9 Å². The predicted molar refractivity (Wildman–Crippen MR) is 120 cm³/mol. The van der Waals surface area contributed by atoms with Crippen molar-refractivity contribution in [1.29, 1.82) is 0 Å². The quantitative estimate of drug-likeness (QED) is 0.400. The molecule has 164 valence electrons. The lowest BCUT2D eigenvalue weighted by molar-refractivity contribution is 0.0792. The van der Waals surface area contributed by atoms with Crippen molar-refractivity contribution in [3.8, 4) is 16.9 Å². The third kappa shape index (κ3) is 5.26. The molecule has 32 heavy (non-hydrogen) atoms. The largest absolute Gasteiger partial charge is 0.342 e. The van der Waals surface area contributed by atoms with Crippen molar-refractivity contribution in [3.63, 3.8) is 0 Å². The van der Waals surface area contributed by atoms with Crippen molar-refractivity contribution in [2.75, 3.05) is 13.6 Å². The van der Waals surface area contributed by atoms with Gasteiger partial charge in [-0.25, -0.2) is 14.1 Å². The number of H-pyrrole nitrogens is 1. The fraction of sp³-hybridized carbons (Fsp3) is 0.250. The second kappa shape index (κ2) is 10.00. The molecule has 0 aliphatic carbocycles. The summed E-state index contributed by atoms with van der Waals surface area (Å²) in [6.45, 7) is 0.702. The molecule has 2 heterocycles. The number of hydrogen-bond acceptors (Lipinski definition) is 4. The molecular formula is C24H25FN6O. The Hall–Kier alpha value is -3.81. The molecule has 0 unspecified atom stereocenters. The number of benzene rings is 2. The fourth-order valence-electron chi connectivity index (χ4n) is 3.52. The molecule has 0 saturated heterocycles. The van der Waals surface area contributed by atoms with E-state index in [2.05, 4.69) is 20.3 Å². The monoisotopic (exact) mass is 432 g/mol. The number of amides is 1. The zero-order valence-electron chi connectivity index (χ0n) is 17.9. The van der Waals surface area contributed by atoms with E-state index in [9.17, 15) is 9.18 Å². The Kier molecular flexibility index (Phi) is 6.69. The Bertz CT molecular complexity index is 1140. The maximum absolute atomic E-state index is 13.1. The number of carbonyl (C=O) groups excluding carboxylic acids is 1. The molecule has 0 bridgehead atoms. The summed E-state index contributed by atoms with van der Waals surface area (Å²) in [6, 6.07) is 15.7. The third-order valence-corrected chi connectivity index (χ3v) is 5.35. The van der Waals surface area contributed by atoms with Crippen LogP contribution < -0.4 is 0 Å². The topological polar surface area (TPSA) is 79.7 Å². The van der Waals surface area contributed by atoms with Gasteiger partial charge in [0.15, 0.2) is 0 Å². The molecule has 4 aromatic rings. The molecule has 8 heteroatoms. The minimum atomic E-state index is -0.253. The highest BCUT2D eigenvalue weighted by molar-refractivity contribution is 5.94. The van der Waals surface area contributed by atoms with E-state index < -0.39 is 0 Å². The average molecular weight is 433 g/mol. The molecule has 0 radical (unpaired) electrons. The summed E-state index contributed by atoms with van der Waals surface area (Å²) in [7, 11) is 1.83. The first-order chi connectivity index (χ1) is 15.6. The maximum atomic E-state index is 13.1. The van der Waals surface area contributed by atoms with Gasteiger partial charge >= 0.3 is 0 Å². The van der Waals surface area contributed by atoms with Crippen LogP contribution in [0.5, 0.6) is 0 Å². The molecule has 7 nitrogen and oxygen atoms in total. The van der Waals surface area contributed by atoms with Crippen LogP contribution in [0.25, 0.3) is 16.9 Å². The van der Waals surface area contributed by atoms with Crippen molar-refractivity contribution >= 4 is 5.91 Å². The zero-order chi connectivity index (χ0) is 22.3. The lowest BCUT2D eigenvalue weighted by Crippen LogP contribution is -2.27. The molecule has 2 aromatic heterocycles. The summed E-state index contributed by atoms with van der Waals surface area (Å²) in [5, 5.41) is 11.5. The van der Waals surface area contributed by atoms with E-state index in [0.717, 1.165) is 48.3 Å². The molecule has 0 aliphatic rings. The van der Waals surface area contributed by atoms with E-state index in [0.29, 0.717) is 12.1 Å². The van der Waals surface area contributed by atoms with Crippen LogP contribution in [0.4, 0.5) is 4.39 Å². The number of carbonyl (C=O) groups is 1. The minimum absolute atomic E-state index is 0.00708. The Morgan fingerprint density at radius 2 is 1.84 bits per heavy atom. The number of rotatable bonds is 9. The number of nitrogens with one attached hydrogen (secondary N) is 1. The first-order valence-electron chi connectivity index (χ1n) is 10.6. The van der Waals surface area contributed by atoms with Crippen LogP contribution in [0.2, 0.25) is 0 Å². The minimum Gasteiger partial charge on any atom is -0.342 e. The van der Waals surface area contributed by atoms with E-state index in [-0.39, 0.29) is 11.7 Å². The van der Waals surface area contributed by atoms with Gasteiger partial charge in [-0.15, -0.1) is 0 Å². The highest BCUT2D eigenvalue weighted by Crippen LogP contribution is 2.19. The van der Waals surface area contributed by atoms with Crippen molar-refractivity contribution < 1.29 is 9.18 Å². The second-order valence-corrected chi connectivity index (χ2v) is 7.71. The van der Waals surface area contributed by atoms with E-state index in [1.165, 1.54) is 18.5 Å². The lowest BCUT2D eigenvalue weighted by Gasteiger charge is -2.17. The van der Waals surface area contributed by atoms with Gasteiger partial charge in [-0.05, 0) is 73.9 Å². The van der Waals surface area contributed by atoms with Gasteiger partial charge < -0.3 is 4.90 Å². The molecule has 0 fully saturated rings. The summed E-state index contributed by atoms with van der Waals surface area (Å²) < 4.78 is 14.7. The van der Waals surface area contributed by atoms with Crippen LogP contribution in [0.15, 0.2) is 67.3 Å². The van der Waals surface area contributed by atoms with Gasteiger partial charge in [-0.3, -0.25) is 9.89 Å². The Morgan fingerprint density at radius 1 is 1.06 bits per heavy atom. The van der Waals surface area contributed by atoms with Crippen molar-refractivity contribution in [2.24, 2.45) is 0 Å². The molecular weight excluding hydrogens is 407 g/mol. The molecule has 0 saturated carbocycles. The molecule has 0 atom stereocenters. The molecule has 2 aromatic carbocycles. The second-order valence-electron chi connectivity index (χ2n) is 7.71. The van der Waals surface area contributed by atoms with E-state index in [1.807, 2.05) is 37.4 Å². The van der Waals surface area contributed by atoms with Crippen LogP contribution in [0.1, 0.15) is 35.3 Å². The number of hydrogen-bond donors (Lipinski definition) is 1. The van der Waals surface area contributed by atoms with Crippen molar-refractivity contribution in [2.45, 2.75) is 25.7 Å². The van der Waals surface area contributed by atoms with Crippen LogP contribution in [-0.4, -0.2) is 49.4 Å². The van der Waals surface area contributed by atoms with Crippen molar-refractivity contribution in [3.05, 3.63) is 84.3 Å². The number of aromatic nitrogens is 5. The van der Waals surface area contributed by atoms with Crippen LogP contribution in [0, 0.1) is 5.82 Å². The standard InChI is InChI=1S/C24H25FN6O/c1-30(24(32)19-8-12-22(13-9-19)31-17-26-16-27-31)14-4-2-3-5-21-15-23(29-28-21)18-6-10-20(25)11-7-18/h6-13,15-17H,2-5,14H2,1H3,(H,28,29). The predicted octanol–water partition coefficient (Wildman–Crippen LogP) is 4.28. The zero-order valence-corrected chi connectivity index (χ0v) is 17.9. The summed E-state index contributed by atoms with van der Waals surface area (Å²) in [6.07, 6.45) is 6.92. The van der Waals surface area contributed by atoms with Gasteiger partial charge in [-0.2, -0.15) is 10.2 Å². The average Bonchev–Trinajstić information content (AvgIpc) is 3.51. The molecule has 4 rings (SSSR count). The third-order valence-electron chi connectivity index (χ3n) is 5.35. The van der Waals surface area contributed by atoms with Crippen LogP contribution >= 0.6 is 0 Å². The van der Waals surface area contributed by atoms with E-state index >= 15 is 0 Å². The van der Waals surface area contributed by atoms with Gasteiger partial charge in [0.2, 0.25) is 0 Å². The normalized spacial score (nSPS) is 10.9. The smallest absolute Gasteiger partial charge is 0.253 e. The highest BCUT2D eigenvalue weighted by atomic mass is 19.1. The number of halogens is 1. The molecule has 1 amide bonds. The maximum Gasteiger partial charge on any atom is 0.253 e. The van der Waals surface area contributed by atoms with Gasteiger partial charge in [0.05, 0.1) is 11.4 Å². The van der Waals surface area contributed by atoms with E-state index in [4.69, 9.17) is 0 Å². The van der Waals surface area contributed by atoms with Crippen LogP contribution in [0.3, 0.4) is 0 Å². The first-order valence-corrected chi connectivity index (χ1v) is 10.6. The summed E-state index contributed by atoms with van der Waals surface area (Å²) in [4.78, 5) is 18.3.